The first-order chi connectivity index (χ1) is 32.8. The molecule has 0 aromatic rings. The standard InChI is InChI=1S/C47H90N12O9/c1-3-5-7-9-22-41(62)52-26-15-16-32-59(33-19-27-53-42(63)23-10-8-6-4-2)43(64)34-58(30-17-28-54-46(67)39(35-60)56-44(65)37(50)20-11-13-24-48)31-18-29-55-47(68)40(36-61)57-45(66)38(51)21-12-14-25-49/h5-8,37-40,60-61H,3-4,9-36,48-51H2,1-2H3,(H,52,62)(H,53,63)(H,54,67)(H,55,68)(H,56,65)(H,57,66)/b7-5-,8-6-/t37-,38-,39-,40-/m0/s1. The quantitative estimate of drug-likeness (QED) is 0.0255. The summed E-state index contributed by atoms with van der Waals surface area (Å²) < 4.78 is 0. The van der Waals surface area contributed by atoms with Gasteiger partial charge in [-0.1, -0.05) is 51.0 Å². The van der Waals surface area contributed by atoms with E-state index in [1.165, 1.54) is 0 Å². The van der Waals surface area contributed by atoms with Gasteiger partial charge in [0.25, 0.3) is 0 Å². The van der Waals surface area contributed by atoms with Crippen LogP contribution < -0.4 is 54.8 Å². The highest BCUT2D eigenvalue weighted by Crippen LogP contribution is 2.05. The van der Waals surface area contributed by atoms with Gasteiger partial charge in [-0.3, -0.25) is 38.5 Å². The molecular formula is C47H90N12O9. The van der Waals surface area contributed by atoms with Crippen LogP contribution in [0.3, 0.4) is 0 Å². The topological polar surface area (TPSA) is 343 Å². The highest BCUT2D eigenvalue weighted by molar-refractivity contribution is 5.90. The van der Waals surface area contributed by atoms with Gasteiger partial charge in [-0.25, -0.2) is 0 Å². The van der Waals surface area contributed by atoms with Gasteiger partial charge in [0, 0.05) is 65.2 Å². The average Bonchev–Trinajstić information content (AvgIpc) is 3.32. The van der Waals surface area contributed by atoms with Crippen molar-refractivity contribution in [1.82, 2.24) is 41.7 Å². The van der Waals surface area contributed by atoms with Gasteiger partial charge in [0.1, 0.15) is 12.1 Å². The zero-order valence-corrected chi connectivity index (χ0v) is 41.3. The van der Waals surface area contributed by atoms with E-state index in [4.69, 9.17) is 22.9 Å². The van der Waals surface area contributed by atoms with Gasteiger partial charge in [0.2, 0.25) is 41.4 Å². The Morgan fingerprint density at radius 3 is 1.35 bits per heavy atom. The minimum Gasteiger partial charge on any atom is -0.394 e. The van der Waals surface area contributed by atoms with Gasteiger partial charge >= 0.3 is 0 Å². The molecule has 0 heterocycles. The van der Waals surface area contributed by atoms with Gasteiger partial charge in [0.15, 0.2) is 0 Å². The molecule has 0 fully saturated rings. The lowest BCUT2D eigenvalue weighted by molar-refractivity contribution is -0.133. The second kappa shape index (κ2) is 42.6. The third-order valence-corrected chi connectivity index (χ3v) is 10.8. The van der Waals surface area contributed by atoms with Crippen molar-refractivity contribution in [3.05, 3.63) is 24.3 Å². The number of allylic oxidation sites excluding steroid dienone is 4. The molecule has 21 nitrogen and oxygen atoms in total. The minimum atomic E-state index is -1.21. The Hall–Kier alpha value is -4.51. The van der Waals surface area contributed by atoms with Crippen molar-refractivity contribution in [3.63, 3.8) is 0 Å². The van der Waals surface area contributed by atoms with Crippen molar-refractivity contribution >= 4 is 41.4 Å². The summed E-state index contributed by atoms with van der Waals surface area (Å²) in [5.41, 5.74) is 23.0. The maximum Gasteiger partial charge on any atom is 0.244 e. The molecule has 0 aliphatic carbocycles. The maximum absolute atomic E-state index is 14.1. The lowest BCUT2D eigenvalue weighted by Gasteiger charge is -2.28. The fourth-order valence-electron chi connectivity index (χ4n) is 6.75. The molecule has 0 saturated carbocycles. The van der Waals surface area contributed by atoms with Crippen molar-refractivity contribution < 1.29 is 43.8 Å². The van der Waals surface area contributed by atoms with E-state index in [1.807, 2.05) is 43.1 Å². The third-order valence-electron chi connectivity index (χ3n) is 10.8. The van der Waals surface area contributed by atoms with Crippen LogP contribution in [-0.2, 0) is 33.6 Å². The zero-order chi connectivity index (χ0) is 50.8. The third kappa shape index (κ3) is 33.1. The first-order valence-electron chi connectivity index (χ1n) is 24.9. The Balaban J connectivity index is 5.83. The van der Waals surface area contributed by atoms with Gasteiger partial charge in [0.05, 0.1) is 31.8 Å². The number of hydrogen-bond acceptors (Lipinski definition) is 14. The molecule has 0 aromatic carbocycles. The SMILES string of the molecule is CC/C=C\CCC(=O)NCCCCN(CCCNC(=O)CC/C=C\CC)C(=O)CN(CCCNC(=O)[C@H](CO)NC(=O)[C@@H](N)CCCCN)CCCNC(=O)[C@H](CO)NC(=O)[C@@H](N)CCCCN. The molecule has 68 heavy (non-hydrogen) atoms. The highest BCUT2D eigenvalue weighted by atomic mass is 16.3. The zero-order valence-electron chi connectivity index (χ0n) is 41.3. The lowest BCUT2D eigenvalue weighted by Crippen LogP contribution is -2.53. The van der Waals surface area contributed by atoms with Crippen LogP contribution in [0, 0.1) is 0 Å². The van der Waals surface area contributed by atoms with E-state index < -0.39 is 61.0 Å². The molecule has 0 aliphatic rings. The summed E-state index contributed by atoms with van der Waals surface area (Å²) in [7, 11) is 0. The predicted octanol–water partition coefficient (Wildman–Crippen LogP) is -1.11. The van der Waals surface area contributed by atoms with E-state index in [1.54, 1.807) is 4.90 Å². The smallest absolute Gasteiger partial charge is 0.244 e. The summed E-state index contributed by atoms with van der Waals surface area (Å²) in [6, 6.07) is -4.14. The summed E-state index contributed by atoms with van der Waals surface area (Å²) in [5, 5.41) is 36.1. The van der Waals surface area contributed by atoms with Crippen LogP contribution in [-0.4, -0.2) is 171 Å². The Morgan fingerprint density at radius 1 is 0.515 bits per heavy atom. The molecule has 0 unspecified atom stereocenters. The van der Waals surface area contributed by atoms with Crippen molar-refractivity contribution in [2.75, 3.05) is 85.2 Å². The van der Waals surface area contributed by atoms with E-state index in [-0.39, 0.29) is 37.4 Å². The molecule has 0 bridgehead atoms. The maximum atomic E-state index is 14.1. The van der Waals surface area contributed by atoms with Gasteiger partial charge in [-0.05, 0) is 96.6 Å². The van der Waals surface area contributed by atoms with Crippen LogP contribution in [0.2, 0.25) is 0 Å². The van der Waals surface area contributed by atoms with Crippen molar-refractivity contribution in [3.8, 4) is 0 Å². The minimum absolute atomic E-state index is 0.00520. The summed E-state index contributed by atoms with van der Waals surface area (Å²) in [4.78, 5) is 93.4. The normalized spacial score (nSPS) is 13.2. The van der Waals surface area contributed by atoms with Crippen LogP contribution in [0.15, 0.2) is 24.3 Å². The number of aliphatic hydroxyl groups is 2. The van der Waals surface area contributed by atoms with Crippen LogP contribution in [0.25, 0.3) is 0 Å². The van der Waals surface area contributed by atoms with E-state index in [0.717, 1.165) is 12.8 Å². The number of nitrogens with one attached hydrogen (secondary N) is 6. The molecule has 392 valence electrons. The molecular weight excluding hydrogens is 877 g/mol. The fourth-order valence-corrected chi connectivity index (χ4v) is 6.75. The first-order valence-corrected chi connectivity index (χ1v) is 24.9. The summed E-state index contributed by atoms with van der Waals surface area (Å²) in [5.74, 6) is -2.58. The number of carbonyl (C=O) groups is 7. The number of unbranched alkanes of at least 4 members (excludes halogenated alkanes) is 3. The molecule has 0 radical (unpaired) electrons. The Labute approximate surface area is 405 Å². The molecule has 0 aromatic heterocycles. The number of carbonyl (C=O) groups excluding carboxylic acids is 7. The molecule has 0 rings (SSSR count). The fraction of sp³-hybridized carbons (Fsp3) is 0.766. The number of nitrogens with two attached hydrogens (primary N) is 4. The number of hydrogen-bond donors (Lipinski definition) is 12. The molecule has 0 saturated heterocycles. The monoisotopic (exact) mass is 967 g/mol. The summed E-state index contributed by atoms with van der Waals surface area (Å²) >= 11 is 0. The van der Waals surface area contributed by atoms with Gasteiger partial charge < -0.3 is 69.9 Å². The molecule has 7 amide bonds. The van der Waals surface area contributed by atoms with Crippen LogP contribution in [0.5, 0.6) is 0 Å². The van der Waals surface area contributed by atoms with E-state index in [0.29, 0.717) is 149 Å². The summed E-state index contributed by atoms with van der Waals surface area (Å²) in [6.45, 7) is 6.35. The van der Waals surface area contributed by atoms with Crippen molar-refractivity contribution in [2.24, 2.45) is 22.9 Å². The number of amides is 7. The summed E-state index contributed by atoms with van der Waals surface area (Å²) in [6.07, 6.45) is 17.9. The van der Waals surface area contributed by atoms with Crippen LogP contribution >= 0.6 is 0 Å². The number of nitrogens with zero attached hydrogens (tertiary/aromatic N) is 2. The average molecular weight is 967 g/mol. The van der Waals surface area contributed by atoms with Crippen LogP contribution in [0.4, 0.5) is 0 Å². The lowest BCUT2D eigenvalue weighted by atomic mass is 10.1. The second-order valence-corrected chi connectivity index (χ2v) is 16.8. The first kappa shape index (κ1) is 63.5. The molecule has 4 atom stereocenters. The highest BCUT2D eigenvalue weighted by Gasteiger charge is 2.25. The van der Waals surface area contributed by atoms with Crippen molar-refractivity contribution in [2.45, 2.75) is 147 Å². The molecule has 0 spiro atoms. The van der Waals surface area contributed by atoms with E-state index in [9.17, 15) is 43.8 Å². The molecule has 0 aliphatic heterocycles. The number of aliphatic hydroxyl groups excluding tert-OH is 2. The molecule has 21 heteroatoms. The van der Waals surface area contributed by atoms with Crippen LogP contribution in [0.1, 0.15) is 123 Å². The van der Waals surface area contributed by atoms with Crippen molar-refractivity contribution in [1.29, 1.82) is 0 Å². The Morgan fingerprint density at radius 2 is 0.926 bits per heavy atom. The Kier molecular flexibility index (Phi) is 39.8. The number of rotatable bonds is 43. The van der Waals surface area contributed by atoms with E-state index >= 15 is 0 Å². The van der Waals surface area contributed by atoms with Gasteiger partial charge in [-0.2, -0.15) is 0 Å². The van der Waals surface area contributed by atoms with Gasteiger partial charge in [-0.15, -0.1) is 0 Å². The van der Waals surface area contributed by atoms with E-state index in [2.05, 4.69) is 31.9 Å². The second-order valence-electron chi connectivity index (χ2n) is 16.8. The largest absolute Gasteiger partial charge is 0.394 e. The Bertz CT molecular complexity index is 1410. The predicted molar refractivity (Wildman–Crippen MR) is 265 cm³/mol. The molecule has 16 N–H and O–H groups in total.